The first-order chi connectivity index (χ1) is 12.5. The van der Waals surface area contributed by atoms with Crippen molar-refractivity contribution in [1.29, 1.82) is 0 Å². The summed E-state index contributed by atoms with van der Waals surface area (Å²) in [4.78, 5) is 13.0. The smallest absolute Gasteiger partial charge is 0.225 e. The van der Waals surface area contributed by atoms with Crippen LogP contribution >= 0.6 is 23.2 Å². The Labute approximate surface area is 161 Å². The summed E-state index contributed by atoms with van der Waals surface area (Å²) in [5.41, 5.74) is 2.23. The van der Waals surface area contributed by atoms with E-state index in [1.54, 1.807) is 36.7 Å². The Balaban J connectivity index is 2.00. The summed E-state index contributed by atoms with van der Waals surface area (Å²) < 4.78 is 0. The van der Waals surface area contributed by atoms with Crippen LogP contribution in [0.4, 0.5) is 17.5 Å². The molecule has 26 heavy (non-hydrogen) atoms. The molecule has 6 nitrogen and oxygen atoms in total. The number of aromatic nitrogens is 3. The van der Waals surface area contributed by atoms with Crippen molar-refractivity contribution in [3.63, 3.8) is 0 Å². The first-order valence-electron chi connectivity index (χ1n) is 7.94. The van der Waals surface area contributed by atoms with Gasteiger partial charge in [-0.05, 0) is 37.3 Å². The summed E-state index contributed by atoms with van der Waals surface area (Å²) >= 11 is 12.3. The third-order valence-electron chi connectivity index (χ3n) is 3.54. The maximum atomic E-state index is 9.28. The average Bonchev–Trinajstić information content (AvgIpc) is 2.65. The van der Waals surface area contributed by atoms with E-state index < -0.39 is 0 Å². The zero-order valence-corrected chi connectivity index (χ0v) is 15.5. The fourth-order valence-electron chi connectivity index (χ4n) is 2.24. The molecule has 2 heterocycles. The van der Waals surface area contributed by atoms with Crippen LogP contribution in [-0.4, -0.2) is 32.7 Å². The Morgan fingerprint density at radius 1 is 1.08 bits per heavy atom. The third kappa shape index (κ3) is 4.60. The molecule has 0 aliphatic rings. The fourth-order valence-corrected chi connectivity index (χ4v) is 2.58. The van der Waals surface area contributed by atoms with Crippen LogP contribution in [0.1, 0.15) is 6.92 Å². The van der Waals surface area contributed by atoms with Crippen LogP contribution in [0.5, 0.6) is 0 Å². The van der Waals surface area contributed by atoms with Crippen molar-refractivity contribution in [3.8, 4) is 11.3 Å². The van der Waals surface area contributed by atoms with Crippen molar-refractivity contribution < 1.29 is 5.11 Å². The SMILES string of the molecule is C[C@@H](CO)Nc1nc(Nc2cc(Cl)ccc2Cl)cc(-c2ccncc2)n1. The predicted molar refractivity (Wildman–Crippen MR) is 105 cm³/mol. The molecule has 3 N–H and O–H groups in total. The Morgan fingerprint density at radius 2 is 1.85 bits per heavy atom. The predicted octanol–water partition coefficient (Wildman–Crippen LogP) is 4.38. The number of pyridine rings is 1. The quantitative estimate of drug-likeness (QED) is 0.579. The van der Waals surface area contributed by atoms with Gasteiger partial charge in [0.05, 0.1) is 23.0 Å². The number of hydrogen-bond acceptors (Lipinski definition) is 6. The molecule has 134 valence electrons. The van der Waals surface area contributed by atoms with Gasteiger partial charge in [-0.2, -0.15) is 4.98 Å². The fraction of sp³-hybridized carbons (Fsp3) is 0.167. The molecule has 0 saturated carbocycles. The van der Waals surface area contributed by atoms with Crippen molar-refractivity contribution in [1.82, 2.24) is 15.0 Å². The highest BCUT2D eigenvalue weighted by atomic mass is 35.5. The number of anilines is 3. The number of nitrogens with one attached hydrogen (secondary N) is 2. The summed E-state index contributed by atoms with van der Waals surface area (Å²) in [6.07, 6.45) is 3.39. The molecule has 0 spiro atoms. The summed E-state index contributed by atoms with van der Waals surface area (Å²) in [5.74, 6) is 0.935. The van der Waals surface area contributed by atoms with Crippen LogP contribution in [0, 0.1) is 0 Å². The van der Waals surface area contributed by atoms with Gasteiger partial charge in [0.1, 0.15) is 5.82 Å². The van der Waals surface area contributed by atoms with Gasteiger partial charge in [-0.25, -0.2) is 4.98 Å². The van der Waals surface area contributed by atoms with Crippen LogP contribution in [0.15, 0.2) is 48.8 Å². The molecule has 3 rings (SSSR count). The van der Waals surface area contributed by atoms with Gasteiger partial charge < -0.3 is 15.7 Å². The minimum atomic E-state index is -0.190. The van der Waals surface area contributed by atoms with E-state index >= 15 is 0 Å². The second-order valence-electron chi connectivity index (χ2n) is 5.68. The van der Waals surface area contributed by atoms with Gasteiger partial charge in [-0.1, -0.05) is 23.2 Å². The van der Waals surface area contributed by atoms with Crippen molar-refractivity contribution in [2.45, 2.75) is 13.0 Å². The van der Waals surface area contributed by atoms with Gasteiger partial charge in [-0.3, -0.25) is 4.98 Å². The normalized spacial score (nSPS) is 11.8. The lowest BCUT2D eigenvalue weighted by Gasteiger charge is -2.15. The first-order valence-corrected chi connectivity index (χ1v) is 8.69. The van der Waals surface area contributed by atoms with Gasteiger partial charge in [0.2, 0.25) is 5.95 Å². The molecule has 0 unspecified atom stereocenters. The largest absolute Gasteiger partial charge is 0.394 e. The Kier molecular flexibility index (Phi) is 5.88. The van der Waals surface area contributed by atoms with Gasteiger partial charge in [0.25, 0.3) is 0 Å². The van der Waals surface area contributed by atoms with E-state index in [1.807, 2.05) is 19.1 Å². The van der Waals surface area contributed by atoms with E-state index in [0.717, 1.165) is 5.56 Å². The van der Waals surface area contributed by atoms with Crippen molar-refractivity contribution in [2.24, 2.45) is 0 Å². The Morgan fingerprint density at radius 3 is 2.58 bits per heavy atom. The molecule has 0 aliphatic heterocycles. The van der Waals surface area contributed by atoms with E-state index in [1.165, 1.54) is 0 Å². The number of halogens is 2. The molecule has 2 aromatic heterocycles. The molecule has 0 amide bonds. The van der Waals surface area contributed by atoms with Crippen LogP contribution in [0.2, 0.25) is 10.0 Å². The molecule has 3 aromatic rings. The van der Waals surface area contributed by atoms with E-state index in [4.69, 9.17) is 23.2 Å². The first kappa shape index (κ1) is 18.4. The molecule has 0 aliphatic carbocycles. The van der Waals surface area contributed by atoms with E-state index in [2.05, 4.69) is 25.6 Å². The second kappa shape index (κ2) is 8.31. The van der Waals surface area contributed by atoms with E-state index in [0.29, 0.717) is 33.2 Å². The topological polar surface area (TPSA) is 83.0 Å². The lowest BCUT2D eigenvalue weighted by molar-refractivity contribution is 0.281. The summed E-state index contributed by atoms with van der Waals surface area (Å²) in [6, 6.07) is 10.5. The average molecular weight is 390 g/mol. The zero-order valence-electron chi connectivity index (χ0n) is 13.9. The highest BCUT2D eigenvalue weighted by molar-refractivity contribution is 6.35. The molecule has 1 aromatic carbocycles. The Hall–Kier alpha value is -2.41. The molecule has 0 fully saturated rings. The van der Waals surface area contributed by atoms with Crippen LogP contribution < -0.4 is 10.6 Å². The van der Waals surface area contributed by atoms with Gasteiger partial charge in [0, 0.05) is 35.1 Å². The highest BCUT2D eigenvalue weighted by Crippen LogP contribution is 2.29. The van der Waals surface area contributed by atoms with Gasteiger partial charge in [-0.15, -0.1) is 0 Å². The second-order valence-corrected chi connectivity index (χ2v) is 6.52. The summed E-state index contributed by atoms with van der Waals surface area (Å²) in [5, 5.41) is 16.6. The molecule has 0 bridgehead atoms. The zero-order chi connectivity index (χ0) is 18.5. The lowest BCUT2D eigenvalue weighted by atomic mass is 10.2. The number of benzene rings is 1. The summed E-state index contributed by atoms with van der Waals surface area (Å²) in [7, 11) is 0. The molecule has 0 radical (unpaired) electrons. The third-order valence-corrected chi connectivity index (χ3v) is 4.11. The minimum Gasteiger partial charge on any atom is -0.394 e. The minimum absolute atomic E-state index is 0.0360. The number of aliphatic hydroxyl groups excluding tert-OH is 1. The number of rotatable bonds is 6. The molecule has 8 heteroatoms. The Bertz CT molecular complexity index is 892. The number of nitrogens with zero attached hydrogens (tertiary/aromatic N) is 3. The van der Waals surface area contributed by atoms with Crippen molar-refractivity contribution in [3.05, 3.63) is 58.8 Å². The van der Waals surface area contributed by atoms with Crippen LogP contribution in [0.25, 0.3) is 11.3 Å². The molecule has 0 saturated heterocycles. The summed E-state index contributed by atoms with van der Waals surface area (Å²) in [6.45, 7) is 1.80. The number of hydrogen-bond donors (Lipinski definition) is 3. The maximum absolute atomic E-state index is 9.28. The van der Waals surface area contributed by atoms with Gasteiger partial charge >= 0.3 is 0 Å². The van der Waals surface area contributed by atoms with E-state index in [9.17, 15) is 5.11 Å². The number of aliphatic hydroxyl groups is 1. The highest BCUT2D eigenvalue weighted by Gasteiger charge is 2.11. The van der Waals surface area contributed by atoms with Crippen molar-refractivity contribution >= 4 is 40.7 Å². The van der Waals surface area contributed by atoms with Crippen LogP contribution in [0.3, 0.4) is 0 Å². The lowest BCUT2D eigenvalue weighted by Crippen LogP contribution is -2.21. The molecular formula is C18H17Cl2N5O. The maximum Gasteiger partial charge on any atom is 0.225 e. The van der Waals surface area contributed by atoms with E-state index in [-0.39, 0.29) is 12.6 Å². The van der Waals surface area contributed by atoms with Gasteiger partial charge in [0.15, 0.2) is 0 Å². The van der Waals surface area contributed by atoms with Crippen LogP contribution in [-0.2, 0) is 0 Å². The van der Waals surface area contributed by atoms with Crippen molar-refractivity contribution in [2.75, 3.05) is 17.2 Å². The molecular weight excluding hydrogens is 373 g/mol. The monoisotopic (exact) mass is 389 g/mol. The standard InChI is InChI=1S/C18H17Cl2N5O/c1-11(10-26)22-18-24-15(12-4-6-21-7-5-12)9-17(25-18)23-16-8-13(19)2-3-14(16)20/h2-9,11,26H,10H2,1H3,(H2,22,23,24,25)/t11-/m0/s1. The molecule has 1 atom stereocenters.